The van der Waals surface area contributed by atoms with Crippen LogP contribution in [0.25, 0.3) is 10.8 Å². The molecule has 1 amide bonds. The Morgan fingerprint density at radius 1 is 0.960 bits per heavy atom. The number of hydrogen-bond acceptors (Lipinski definition) is 3. The van der Waals surface area contributed by atoms with Gasteiger partial charge in [0.2, 0.25) is 5.91 Å². The fraction of sp³-hybridized carbons (Fsp3) is 0.190. The molecule has 3 nitrogen and oxygen atoms in total. The molecule has 3 aromatic rings. The van der Waals surface area contributed by atoms with Crippen LogP contribution in [0.4, 0.5) is 0 Å². The highest BCUT2D eigenvalue weighted by Gasteiger charge is 2.12. The number of thioether (sulfide) groups is 1. The van der Waals surface area contributed by atoms with Gasteiger partial charge in [-0.15, -0.1) is 11.8 Å². The molecule has 0 spiro atoms. The van der Waals surface area contributed by atoms with Gasteiger partial charge in [0.1, 0.15) is 0 Å². The summed E-state index contributed by atoms with van der Waals surface area (Å²) < 4.78 is 0. The fourth-order valence-electron chi connectivity index (χ4n) is 2.73. The third-order valence-electron chi connectivity index (χ3n) is 4.02. The summed E-state index contributed by atoms with van der Waals surface area (Å²) in [6.45, 7) is 0.225. The van der Waals surface area contributed by atoms with Crippen LogP contribution in [0.15, 0.2) is 77.7 Å². The number of benzene rings is 3. The summed E-state index contributed by atoms with van der Waals surface area (Å²) in [6, 6.07) is 23.8. The van der Waals surface area contributed by atoms with Gasteiger partial charge in [-0.2, -0.15) is 0 Å². The number of hydrogen-bond donors (Lipinski definition) is 2. The van der Waals surface area contributed by atoms with Crippen molar-refractivity contribution in [3.63, 3.8) is 0 Å². The quantitative estimate of drug-likeness (QED) is 0.628. The van der Waals surface area contributed by atoms with Crippen molar-refractivity contribution in [2.75, 3.05) is 12.3 Å². The summed E-state index contributed by atoms with van der Waals surface area (Å²) in [6.07, 6.45) is -0.279. The van der Waals surface area contributed by atoms with E-state index in [4.69, 9.17) is 0 Å². The van der Waals surface area contributed by atoms with Crippen molar-refractivity contribution in [1.29, 1.82) is 0 Å². The van der Waals surface area contributed by atoms with E-state index in [9.17, 15) is 9.90 Å². The zero-order valence-corrected chi connectivity index (χ0v) is 14.7. The molecule has 128 valence electrons. The third kappa shape index (κ3) is 4.84. The molecule has 3 rings (SSSR count). The first-order valence-electron chi connectivity index (χ1n) is 8.34. The first kappa shape index (κ1) is 17.5. The number of rotatable bonds is 7. The summed E-state index contributed by atoms with van der Waals surface area (Å²) in [4.78, 5) is 13.2. The van der Waals surface area contributed by atoms with Crippen molar-refractivity contribution < 1.29 is 9.90 Å². The number of carbonyl (C=O) groups is 1. The van der Waals surface area contributed by atoms with Crippen molar-refractivity contribution >= 4 is 28.4 Å². The lowest BCUT2D eigenvalue weighted by atomic mass is 10.0. The average molecular weight is 351 g/mol. The molecule has 25 heavy (non-hydrogen) atoms. The zero-order chi connectivity index (χ0) is 17.5. The lowest BCUT2D eigenvalue weighted by molar-refractivity contribution is -0.121. The smallest absolute Gasteiger partial charge is 0.220 e. The van der Waals surface area contributed by atoms with Crippen LogP contribution in [0.3, 0.4) is 0 Å². The summed E-state index contributed by atoms with van der Waals surface area (Å²) in [5.74, 6) is 0.683. The number of fused-ring (bicyclic) bond motifs is 1. The van der Waals surface area contributed by atoms with Crippen molar-refractivity contribution in [2.45, 2.75) is 17.4 Å². The Hall–Kier alpha value is -2.30. The van der Waals surface area contributed by atoms with Crippen LogP contribution in [0, 0.1) is 0 Å². The molecular formula is C21H21NO2S. The number of aliphatic hydroxyl groups is 1. The normalized spacial score (nSPS) is 12.0. The molecule has 3 aromatic carbocycles. The van der Waals surface area contributed by atoms with Crippen LogP contribution in [-0.2, 0) is 4.79 Å². The summed E-state index contributed by atoms with van der Waals surface area (Å²) in [5.41, 5.74) is 0.845. The second kappa shape index (κ2) is 8.70. The molecular weight excluding hydrogens is 330 g/mol. The monoisotopic (exact) mass is 351 g/mol. The molecule has 0 aliphatic heterocycles. The molecule has 2 N–H and O–H groups in total. The zero-order valence-electron chi connectivity index (χ0n) is 13.9. The molecule has 1 atom stereocenters. The first-order chi connectivity index (χ1) is 12.2. The molecule has 0 heterocycles. The Morgan fingerprint density at radius 2 is 1.68 bits per heavy atom. The van der Waals surface area contributed by atoms with Gasteiger partial charge in [0, 0.05) is 23.6 Å². The molecule has 1 unspecified atom stereocenters. The maximum Gasteiger partial charge on any atom is 0.220 e. The van der Waals surface area contributed by atoms with Crippen LogP contribution in [-0.4, -0.2) is 23.3 Å². The molecule has 0 saturated heterocycles. The topological polar surface area (TPSA) is 49.3 Å². The van der Waals surface area contributed by atoms with Gasteiger partial charge in [-0.3, -0.25) is 4.79 Å². The van der Waals surface area contributed by atoms with Crippen molar-refractivity contribution in [2.24, 2.45) is 0 Å². The minimum Gasteiger partial charge on any atom is -0.387 e. The van der Waals surface area contributed by atoms with Crippen molar-refractivity contribution in [3.8, 4) is 0 Å². The van der Waals surface area contributed by atoms with Crippen LogP contribution in [0.1, 0.15) is 18.1 Å². The summed E-state index contributed by atoms with van der Waals surface area (Å²) >= 11 is 1.66. The van der Waals surface area contributed by atoms with Crippen LogP contribution in [0.2, 0.25) is 0 Å². The van der Waals surface area contributed by atoms with Gasteiger partial charge in [-0.05, 0) is 28.5 Å². The van der Waals surface area contributed by atoms with Crippen LogP contribution >= 0.6 is 11.8 Å². The molecule has 0 radical (unpaired) electrons. The fourth-order valence-corrected chi connectivity index (χ4v) is 3.60. The summed E-state index contributed by atoms with van der Waals surface area (Å²) in [7, 11) is 0. The van der Waals surface area contributed by atoms with Crippen molar-refractivity contribution in [1.82, 2.24) is 5.32 Å². The van der Waals surface area contributed by atoms with Crippen molar-refractivity contribution in [3.05, 3.63) is 78.4 Å². The Morgan fingerprint density at radius 3 is 2.52 bits per heavy atom. The molecule has 4 heteroatoms. The number of carbonyl (C=O) groups excluding carboxylic acids is 1. The van der Waals surface area contributed by atoms with E-state index >= 15 is 0 Å². The number of aliphatic hydroxyl groups excluding tert-OH is 1. The van der Waals surface area contributed by atoms with Gasteiger partial charge in [0.25, 0.3) is 0 Å². The Balaban J connectivity index is 1.49. The van der Waals surface area contributed by atoms with E-state index in [1.807, 2.05) is 72.8 Å². The highest BCUT2D eigenvalue weighted by molar-refractivity contribution is 7.99. The maximum absolute atomic E-state index is 12.0. The highest BCUT2D eigenvalue weighted by Crippen LogP contribution is 2.24. The van der Waals surface area contributed by atoms with E-state index in [-0.39, 0.29) is 12.5 Å². The Kier molecular flexibility index (Phi) is 6.09. The second-order valence-corrected chi connectivity index (χ2v) is 6.97. The molecule has 0 aromatic heterocycles. The number of nitrogens with one attached hydrogen (secondary N) is 1. The van der Waals surface area contributed by atoms with E-state index in [1.54, 1.807) is 11.8 Å². The Bertz CT molecular complexity index is 830. The molecule has 0 aliphatic carbocycles. The first-order valence-corrected chi connectivity index (χ1v) is 9.33. The third-order valence-corrected chi connectivity index (χ3v) is 5.03. The van der Waals surface area contributed by atoms with Gasteiger partial charge in [0.05, 0.1) is 6.10 Å². The maximum atomic E-state index is 12.0. The molecule has 0 fully saturated rings. The lowest BCUT2D eigenvalue weighted by Gasteiger charge is -2.14. The van der Waals surface area contributed by atoms with Gasteiger partial charge in [-0.25, -0.2) is 0 Å². The minimum absolute atomic E-state index is 0.0392. The van der Waals surface area contributed by atoms with Crippen LogP contribution in [0.5, 0.6) is 0 Å². The van der Waals surface area contributed by atoms with E-state index < -0.39 is 6.10 Å². The van der Waals surface area contributed by atoms with Crippen LogP contribution < -0.4 is 5.32 Å². The van der Waals surface area contributed by atoms with Gasteiger partial charge >= 0.3 is 0 Å². The minimum atomic E-state index is -0.711. The highest BCUT2D eigenvalue weighted by atomic mass is 32.2. The average Bonchev–Trinajstić information content (AvgIpc) is 2.66. The largest absolute Gasteiger partial charge is 0.387 e. The molecule has 0 aliphatic rings. The van der Waals surface area contributed by atoms with E-state index in [0.717, 1.165) is 27.0 Å². The molecule has 0 saturated carbocycles. The van der Waals surface area contributed by atoms with E-state index in [0.29, 0.717) is 6.42 Å². The molecule has 0 bridgehead atoms. The lowest BCUT2D eigenvalue weighted by Crippen LogP contribution is -2.28. The second-order valence-electron chi connectivity index (χ2n) is 5.80. The Labute approximate surface area is 152 Å². The number of amides is 1. The van der Waals surface area contributed by atoms with Gasteiger partial charge in [-0.1, -0.05) is 60.7 Å². The van der Waals surface area contributed by atoms with Gasteiger partial charge < -0.3 is 10.4 Å². The summed E-state index contributed by atoms with van der Waals surface area (Å²) in [5, 5.41) is 15.4. The predicted octanol–water partition coefficient (Wildman–Crippen LogP) is 4.17. The predicted molar refractivity (Wildman–Crippen MR) is 104 cm³/mol. The SMILES string of the molecule is O=C(CCSc1ccccc1)NCC(O)c1cccc2ccccc12. The van der Waals surface area contributed by atoms with E-state index in [2.05, 4.69) is 5.32 Å². The van der Waals surface area contributed by atoms with Gasteiger partial charge in [0.15, 0.2) is 0 Å². The standard InChI is InChI=1S/C21H21NO2S/c23-20(19-12-6-8-16-7-4-5-11-18(16)19)15-22-21(24)13-14-25-17-9-2-1-3-10-17/h1-12,20,23H,13-15H2,(H,22,24). The van der Waals surface area contributed by atoms with E-state index in [1.165, 1.54) is 0 Å².